The van der Waals surface area contributed by atoms with E-state index in [4.69, 9.17) is 10.5 Å². The van der Waals surface area contributed by atoms with Gasteiger partial charge in [0.15, 0.2) is 0 Å². The van der Waals surface area contributed by atoms with E-state index in [1.54, 1.807) is 31.8 Å². The molecule has 0 spiro atoms. The van der Waals surface area contributed by atoms with Crippen LogP contribution in [0.25, 0.3) is 5.69 Å². The third-order valence-electron chi connectivity index (χ3n) is 3.31. The number of nitrogens with two attached hydrogens (primary N) is 1. The number of benzene rings is 1. The maximum atomic E-state index is 9.31. The fourth-order valence-electron chi connectivity index (χ4n) is 2.11. The first kappa shape index (κ1) is 14.1. The van der Waals surface area contributed by atoms with Crippen LogP contribution in [0.3, 0.4) is 0 Å². The minimum atomic E-state index is -0.158. The molecule has 20 heavy (non-hydrogen) atoms. The second kappa shape index (κ2) is 5.76. The third-order valence-corrected chi connectivity index (χ3v) is 3.31. The van der Waals surface area contributed by atoms with Gasteiger partial charge in [-0.2, -0.15) is 5.26 Å². The summed E-state index contributed by atoms with van der Waals surface area (Å²) in [6, 6.07) is 7.39. The molecule has 2 aromatic rings. The summed E-state index contributed by atoms with van der Waals surface area (Å²) in [5.41, 5.74) is 8.29. The summed E-state index contributed by atoms with van der Waals surface area (Å²) in [6.45, 7) is 4.10. The average Bonchev–Trinajstić information content (AvgIpc) is 2.94. The zero-order valence-electron chi connectivity index (χ0n) is 11.9. The van der Waals surface area contributed by atoms with E-state index in [1.165, 1.54) is 0 Å². The van der Waals surface area contributed by atoms with Crippen LogP contribution < -0.4 is 10.5 Å². The Balaban J connectivity index is 2.64. The number of para-hydroxylation sites is 1. The standard InChI is InChI=1S/C15H18N4O/c1-10(2)14(17)12-8-18-9-19(12)15-11(7-16)5-4-6-13(15)20-3/h4-6,8-10,14H,17H2,1-3H3. The van der Waals surface area contributed by atoms with Gasteiger partial charge in [-0.3, -0.25) is 4.57 Å². The summed E-state index contributed by atoms with van der Waals surface area (Å²) < 4.78 is 7.20. The SMILES string of the molecule is COc1cccc(C#N)c1-n1cncc1C(N)C(C)C. The van der Waals surface area contributed by atoms with Gasteiger partial charge in [0.1, 0.15) is 17.5 Å². The summed E-state index contributed by atoms with van der Waals surface area (Å²) >= 11 is 0. The summed E-state index contributed by atoms with van der Waals surface area (Å²) in [7, 11) is 1.58. The molecule has 5 nitrogen and oxygen atoms in total. The van der Waals surface area contributed by atoms with Crippen LogP contribution in [0.1, 0.15) is 31.1 Å². The minimum absolute atomic E-state index is 0.158. The molecule has 1 heterocycles. The lowest BCUT2D eigenvalue weighted by Crippen LogP contribution is -2.20. The molecule has 0 aliphatic carbocycles. The van der Waals surface area contributed by atoms with Crippen LogP contribution in [0.15, 0.2) is 30.7 Å². The highest BCUT2D eigenvalue weighted by Gasteiger charge is 2.19. The number of hydrogen-bond donors (Lipinski definition) is 1. The van der Waals surface area contributed by atoms with Gasteiger partial charge in [-0.25, -0.2) is 4.98 Å². The Labute approximate surface area is 118 Å². The second-order valence-electron chi connectivity index (χ2n) is 4.93. The van der Waals surface area contributed by atoms with Crippen LogP contribution in [-0.4, -0.2) is 16.7 Å². The van der Waals surface area contributed by atoms with E-state index in [0.717, 1.165) is 5.69 Å². The van der Waals surface area contributed by atoms with Crippen molar-refractivity contribution in [3.8, 4) is 17.5 Å². The van der Waals surface area contributed by atoms with Gasteiger partial charge in [-0.15, -0.1) is 0 Å². The monoisotopic (exact) mass is 270 g/mol. The Hall–Kier alpha value is -2.32. The highest BCUT2D eigenvalue weighted by molar-refractivity contribution is 5.58. The van der Waals surface area contributed by atoms with E-state index in [0.29, 0.717) is 17.0 Å². The van der Waals surface area contributed by atoms with Crippen LogP contribution in [0.4, 0.5) is 0 Å². The molecular weight excluding hydrogens is 252 g/mol. The molecular formula is C15H18N4O. The van der Waals surface area contributed by atoms with Gasteiger partial charge < -0.3 is 10.5 Å². The largest absolute Gasteiger partial charge is 0.495 e. The van der Waals surface area contributed by atoms with Crippen LogP contribution in [0.2, 0.25) is 0 Å². The first-order chi connectivity index (χ1) is 9.60. The van der Waals surface area contributed by atoms with Gasteiger partial charge in [0.05, 0.1) is 30.9 Å². The second-order valence-corrected chi connectivity index (χ2v) is 4.93. The molecule has 0 radical (unpaired) electrons. The predicted octanol–water partition coefficient (Wildman–Crippen LogP) is 2.41. The van der Waals surface area contributed by atoms with Gasteiger partial charge in [0, 0.05) is 6.04 Å². The van der Waals surface area contributed by atoms with Crippen molar-refractivity contribution < 1.29 is 4.74 Å². The maximum absolute atomic E-state index is 9.31. The first-order valence-electron chi connectivity index (χ1n) is 6.45. The number of nitriles is 1. The molecule has 0 fully saturated rings. The Morgan fingerprint density at radius 1 is 1.40 bits per heavy atom. The number of hydrogen-bond acceptors (Lipinski definition) is 4. The molecule has 2 N–H and O–H groups in total. The molecule has 0 aliphatic heterocycles. The Bertz CT molecular complexity index is 640. The van der Waals surface area contributed by atoms with E-state index < -0.39 is 0 Å². The normalized spacial score (nSPS) is 12.2. The van der Waals surface area contributed by atoms with Crippen LogP contribution in [0, 0.1) is 17.2 Å². The lowest BCUT2D eigenvalue weighted by molar-refractivity contribution is 0.411. The molecule has 0 bridgehead atoms. The molecule has 1 aromatic heterocycles. The van der Waals surface area contributed by atoms with Crippen molar-refractivity contribution in [2.75, 3.05) is 7.11 Å². The number of ether oxygens (including phenoxy) is 1. The molecule has 1 unspecified atom stereocenters. The number of methoxy groups -OCH3 is 1. The Morgan fingerprint density at radius 2 is 2.15 bits per heavy atom. The fraction of sp³-hybridized carbons (Fsp3) is 0.333. The van der Waals surface area contributed by atoms with Gasteiger partial charge in [0.25, 0.3) is 0 Å². The van der Waals surface area contributed by atoms with Gasteiger partial charge >= 0.3 is 0 Å². The fourth-order valence-corrected chi connectivity index (χ4v) is 2.11. The highest BCUT2D eigenvalue weighted by Crippen LogP contribution is 2.30. The molecule has 0 saturated heterocycles. The van der Waals surface area contributed by atoms with Crippen molar-refractivity contribution in [1.29, 1.82) is 5.26 Å². The molecule has 0 amide bonds. The lowest BCUT2D eigenvalue weighted by Gasteiger charge is -2.19. The van der Waals surface area contributed by atoms with Crippen molar-refractivity contribution in [2.45, 2.75) is 19.9 Å². The van der Waals surface area contributed by atoms with Crippen molar-refractivity contribution in [2.24, 2.45) is 11.7 Å². The number of aromatic nitrogens is 2. The zero-order valence-corrected chi connectivity index (χ0v) is 11.9. The van der Waals surface area contributed by atoms with Crippen LogP contribution in [-0.2, 0) is 0 Å². The zero-order chi connectivity index (χ0) is 14.7. The number of rotatable bonds is 4. The number of nitrogens with zero attached hydrogens (tertiary/aromatic N) is 3. The Kier molecular flexibility index (Phi) is 4.06. The molecule has 1 atom stereocenters. The summed E-state index contributed by atoms with van der Waals surface area (Å²) in [4.78, 5) is 4.17. The first-order valence-corrected chi connectivity index (χ1v) is 6.45. The van der Waals surface area contributed by atoms with E-state index >= 15 is 0 Å². The van der Waals surface area contributed by atoms with Crippen LogP contribution in [0.5, 0.6) is 5.75 Å². The number of imidazole rings is 1. The van der Waals surface area contributed by atoms with E-state index in [1.807, 2.05) is 10.6 Å². The molecule has 2 rings (SSSR count). The van der Waals surface area contributed by atoms with Gasteiger partial charge in [-0.05, 0) is 18.1 Å². The summed E-state index contributed by atoms with van der Waals surface area (Å²) in [5.74, 6) is 0.893. The Morgan fingerprint density at radius 3 is 2.75 bits per heavy atom. The highest BCUT2D eigenvalue weighted by atomic mass is 16.5. The third kappa shape index (κ3) is 2.38. The average molecular weight is 270 g/mol. The van der Waals surface area contributed by atoms with Gasteiger partial charge in [0.2, 0.25) is 0 Å². The molecule has 0 aliphatic rings. The molecule has 0 saturated carbocycles. The van der Waals surface area contributed by atoms with E-state index in [9.17, 15) is 5.26 Å². The topological polar surface area (TPSA) is 76.9 Å². The van der Waals surface area contributed by atoms with Crippen molar-refractivity contribution in [3.05, 3.63) is 42.0 Å². The van der Waals surface area contributed by atoms with Crippen molar-refractivity contribution >= 4 is 0 Å². The van der Waals surface area contributed by atoms with E-state index in [-0.39, 0.29) is 12.0 Å². The molecule has 1 aromatic carbocycles. The maximum Gasteiger partial charge on any atom is 0.144 e. The minimum Gasteiger partial charge on any atom is -0.495 e. The van der Waals surface area contributed by atoms with Gasteiger partial charge in [-0.1, -0.05) is 19.9 Å². The lowest BCUT2D eigenvalue weighted by atomic mass is 10.0. The molecule has 5 heteroatoms. The smallest absolute Gasteiger partial charge is 0.144 e. The predicted molar refractivity (Wildman–Crippen MR) is 76.6 cm³/mol. The summed E-state index contributed by atoms with van der Waals surface area (Å²) in [6.07, 6.45) is 3.40. The van der Waals surface area contributed by atoms with E-state index in [2.05, 4.69) is 24.9 Å². The van der Waals surface area contributed by atoms with Crippen molar-refractivity contribution in [3.63, 3.8) is 0 Å². The molecule has 104 valence electrons. The summed E-state index contributed by atoms with van der Waals surface area (Å²) in [5, 5.41) is 9.31. The quantitative estimate of drug-likeness (QED) is 0.925. The van der Waals surface area contributed by atoms with Crippen LogP contribution >= 0.6 is 0 Å². The van der Waals surface area contributed by atoms with Crippen molar-refractivity contribution in [1.82, 2.24) is 9.55 Å².